The Labute approximate surface area is 172 Å². The van der Waals surface area contributed by atoms with Gasteiger partial charge in [-0.2, -0.15) is 0 Å². The predicted octanol–water partition coefficient (Wildman–Crippen LogP) is 4.58. The van der Waals surface area contributed by atoms with Crippen LogP contribution in [0.15, 0.2) is 81.1 Å². The first-order valence-corrected chi connectivity index (χ1v) is 9.36. The molecule has 0 atom stereocenters. The number of furan rings is 1. The number of nitrogens with one attached hydrogen (secondary N) is 1. The van der Waals surface area contributed by atoms with Gasteiger partial charge in [-0.3, -0.25) is 14.9 Å². The lowest BCUT2D eigenvalue weighted by Crippen LogP contribution is -2.19. The number of aromatic amines is 1. The van der Waals surface area contributed by atoms with Crippen LogP contribution in [-0.4, -0.2) is 22.6 Å². The highest BCUT2D eigenvalue weighted by molar-refractivity contribution is 6.03. The van der Waals surface area contributed by atoms with Gasteiger partial charge in [0.2, 0.25) is 0 Å². The van der Waals surface area contributed by atoms with Gasteiger partial charge in [0.25, 0.3) is 5.56 Å². The Morgan fingerprint density at radius 2 is 1.87 bits per heavy atom. The van der Waals surface area contributed by atoms with E-state index in [0.29, 0.717) is 40.7 Å². The van der Waals surface area contributed by atoms with Crippen molar-refractivity contribution in [3.8, 4) is 22.7 Å². The van der Waals surface area contributed by atoms with Gasteiger partial charge in [0.05, 0.1) is 36.9 Å². The summed E-state index contributed by atoms with van der Waals surface area (Å²) in [6, 6.07) is 16.7. The van der Waals surface area contributed by atoms with Crippen LogP contribution >= 0.6 is 0 Å². The molecule has 0 radical (unpaired) electrons. The molecule has 2 aromatic carbocycles. The van der Waals surface area contributed by atoms with E-state index in [4.69, 9.17) is 9.15 Å². The standard InChI is InChI=1S/C23H20FN3O3/c1-15(25-14-20-4-3-13-30-20)21-22(16-5-11-19(29-2)12-6-16)26-27(23(21)28)18-9-7-17(24)8-10-18/h3-13,26H,14H2,1-2H3. The molecule has 0 aliphatic rings. The third kappa shape index (κ3) is 3.82. The monoisotopic (exact) mass is 405 g/mol. The predicted molar refractivity (Wildman–Crippen MR) is 113 cm³/mol. The van der Waals surface area contributed by atoms with Crippen LogP contribution in [0.5, 0.6) is 5.75 Å². The van der Waals surface area contributed by atoms with Crippen molar-refractivity contribution < 1.29 is 13.5 Å². The molecule has 4 aromatic rings. The van der Waals surface area contributed by atoms with E-state index >= 15 is 0 Å². The number of hydrogen-bond donors (Lipinski definition) is 1. The first kappa shape index (κ1) is 19.4. The molecule has 0 spiro atoms. The zero-order valence-corrected chi connectivity index (χ0v) is 16.6. The van der Waals surface area contributed by atoms with Crippen molar-refractivity contribution in [2.45, 2.75) is 13.5 Å². The maximum atomic E-state index is 13.3. The van der Waals surface area contributed by atoms with Crippen molar-refractivity contribution in [2.24, 2.45) is 4.99 Å². The lowest BCUT2D eigenvalue weighted by Gasteiger charge is -2.05. The number of methoxy groups -OCH3 is 1. The third-order valence-corrected chi connectivity index (χ3v) is 4.77. The fourth-order valence-electron chi connectivity index (χ4n) is 3.19. The third-order valence-electron chi connectivity index (χ3n) is 4.77. The lowest BCUT2D eigenvalue weighted by molar-refractivity contribution is 0.415. The van der Waals surface area contributed by atoms with E-state index in [1.54, 1.807) is 38.5 Å². The number of benzene rings is 2. The van der Waals surface area contributed by atoms with Gasteiger partial charge in [-0.15, -0.1) is 0 Å². The normalized spacial score (nSPS) is 11.6. The quantitative estimate of drug-likeness (QED) is 0.477. The maximum Gasteiger partial charge on any atom is 0.280 e. The highest BCUT2D eigenvalue weighted by atomic mass is 19.1. The van der Waals surface area contributed by atoms with Gasteiger partial charge in [0.1, 0.15) is 17.3 Å². The molecule has 0 bridgehead atoms. The molecule has 6 nitrogen and oxygen atoms in total. The summed E-state index contributed by atoms with van der Waals surface area (Å²) < 4.78 is 25.3. The van der Waals surface area contributed by atoms with Gasteiger partial charge in [0, 0.05) is 11.3 Å². The number of nitrogens with zero attached hydrogens (tertiary/aromatic N) is 2. The average Bonchev–Trinajstić information content (AvgIpc) is 3.41. The van der Waals surface area contributed by atoms with Gasteiger partial charge < -0.3 is 9.15 Å². The number of rotatable bonds is 6. The molecule has 2 heterocycles. The lowest BCUT2D eigenvalue weighted by atomic mass is 10.0. The summed E-state index contributed by atoms with van der Waals surface area (Å²) in [5.41, 5.74) is 2.69. The minimum atomic E-state index is -0.370. The summed E-state index contributed by atoms with van der Waals surface area (Å²) in [6.07, 6.45) is 1.58. The average molecular weight is 405 g/mol. The fourth-order valence-corrected chi connectivity index (χ4v) is 3.19. The van der Waals surface area contributed by atoms with Gasteiger partial charge in [-0.05, 0) is 67.6 Å². The number of aliphatic imine (C=N–C) groups is 1. The van der Waals surface area contributed by atoms with Crippen molar-refractivity contribution in [1.29, 1.82) is 0 Å². The van der Waals surface area contributed by atoms with E-state index < -0.39 is 0 Å². The Bertz CT molecular complexity index is 1220. The molecule has 2 aromatic heterocycles. The Morgan fingerprint density at radius 3 is 2.50 bits per heavy atom. The number of aromatic nitrogens is 2. The summed E-state index contributed by atoms with van der Waals surface area (Å²) in [7, 11) is 1.60. The molecule has 0 fully saturated rings. The Kier molecular flexibility index (Phi) is 5.34. The van der Waals surface area contributed by atoms with Gasteiger partial charge >= 0.3 is 0 Å². The van der Waals surface area contributed by atoms with Crippen molar-refractivity contribution in [3.05, 3.63) is 94.4 Å². The van der Waals surface area contributed by atoms with Crippen molar-refractivity contribution in [2.75, 3.05) is 7.11 Å². The highest BCUT2D eigenvalue weighted by Crippen LogP contribution is 2.24. The SMILES string of the molecule is COc1ccc(-c2[nH]n(-c3ccc(F)cc3)c(=O)c2C(C)=NCc2ccco2)cc1. The molecule has 0 saturated carbocycles. The molecule has 30 heavy (non-hydrogen) atoms. The van der Waals surface area contributed by atoms with Crippen LogP contribution in [0.2, 0.25) is 0 Å². The van der Waals surface area contributed by atoms with Crippen LogP contribution in [0.1, 0.15) is 18.2 Å². The second-order valence-electron chi connectivity index (χ2n) is 6.69. The number of hydrogen-bond acceptors (Lipinski definition) is 4. The van der Waals surface area contributed by atoms with Crippen molar-refractivity contribution in [1.82, 2.24) is 9.78 Å². The fraction of sp³-hybridized carbons (Fsp3) is 0.130. The summed E-state index contributed by atoms with van der Waals surface area (Å²) in [5, 5.41) is 3.15. The first-order chi connectivity index (χ1) is 14.6. The van der Waals surface area contributed by atoms with Crippen molar-refractivity contribution in [3.63, 3.8) is 0 Å². The van der Waals surface area contributed by atoms with Gasteiger partial charge in [-0.25, -0.2) is 9.07 Å². The Hall–Kier alpha value is -3.87. The van der Waals surface area contributed by atoms with Crippen LogP contribution in [0.25, 0.3) is 16.9 Å². The van der Waals surface area contributed by atoms with E-state index in [2.05, 4.69) is 10.1 Å². The Balaban J connectivity index is 1.83. The van der Waals surface area contributed by atoms with Crippen LogP contribution in [-0.2, 0) is 6.54 Å². The smallest absolute Gasteiger partial charge is 0.280 e. The summed E-state index contributed by atoms with van der Waals surface area (Å²) in [5.74, 6) is 1.05. The number of H-pyrrole nitrogens is 1. The molecule has 0 aliphatic carbocycles. The molecule has 0 amide bonds. The summed E-state index contributed by atoms with van der Waals surface area (Å²) >= 11 is 0. The van der Waals surface area contributed by atoms with Crippen LogP contribution in [0.3, 0.4) is 0 Å². The molecule has 0 aliphatic heterocycles. The van der Waals surface area contributed by atoms with Gasteiger partial charge in [-0.1, -0.05) is 0 Å². The molecule has 4 rings (SSSR count). The largest absolute Gasteiger partial charge is 0.497 e. The summed E-state index contributed by atoms with van der Waals surface area (Å²) in [6.45, 7) is 2.11. The number of ether oxygens (including phenoxy) is 1. The molecular formula is C23H20FN3O3. The van der Waals surface area contributed by atoms with Crippen LogP contribution < -0.4 is 10.3 Å². The van der Waals surface area contributed by atoms with Crippen LogP contribution in [0.4, 0.5) is 4.39 Å². The van der Waals surface area contributed by atoms with E-state index in [1.165, 1.54) is 16.8 Å². The van der Waals surface area contributed by atoms with Gasteiger partial charge in [0.15, 0.2) is 0 Å². The number of halogens is 1. The Morgan fingerprint density at radius 1 is 1.13 bits per heavy atom. The maximum absolute atomic E-state index is 13.3. The molecule has 1 N–H and O–H groups in total. The summed E-state index contributed by atoms with van der Waals surface area (Å²) in [4.78, 5) is 17.8. The zero-order chi connectivity index (χ0) is 21.1. The first-order valence-electron chi connectivity index (χ1n) is 9.36. The molecule has 0 unspecified atom stereocenters. The van der Waals surface area contributed by atoms with Crippen molar-refractivity contribution >= 4 is 5.71 Å². The second-order valence-corrected chi connectivity index (χ2v) is 6.69. The second kappa shape index (κ2) is 8.24. The van der Waals surface area contributed by atoms with E-state index in [-0.39, 0.29) is 11.4 Å². The minimum absolute atomic E-state index is 0.270. The van der Waals surface area contributed by atoms with E-state index in [1.807, 2.05) is 30.3 Å². The molecule has 7 heteroatoms. The molecule has 152 valence electrons. The van der Waals surface area contributed by atoms with E-state index in [0.717, 1.165) is 5.56 Å². The molecule has 0 saturated heterocycles. The van der Waals surface area contributed by atoms with Crippen LogP contribution in [0, 0.1) is 5.82 Å². The van der Waals surface area contributed by atoms with E-state index in [9.17, 15) is 9.18 Å². The zero-order valence-electron chi connectivity index (χ0n) is 16.6. The molecular weight excluding hydrogens is 385 g/mol. The highest BCUT2D eigenvalue weighted by Gasteiger charge is 2.19. The minimum Gasteiger partial charge on any atom is -0.497 e. The topological polar surface area (TPSA) is 72.5 Å².